The number of benzene rings is 2. The lowest BCUT2D eigenvalue weighted by Crippen LogP contribution is -2.52. The van der Waals surface area contributed by atoms with Gasteiger partial charge in [0.2, 0.25) is 0 Å². The number of methoxy groups -OCH3 is 2. The van der Waals surface area contributed by atoms with Gasteiger partial charge in [-0.2, -0.15) is 0 Å². The summed E-state index contributed by atoms with van der Waals surface area (Å²) in [6.07, 6.45) is 2.44. The van der Waals surface area contributed by atoms with Crippen LogP contribution in [0, 0.1) is 0 Å². The zero-order valence-electron chi connectivity index (χ0n) is 15.8. The zero-order chi connectivity index (χ0) is 18.9. The van der Waals surface area contributed by atoms with Gasteiger partial charge in [-0.25, -0.2) is 0 Å². The molecule has 0 saturated carbocycles. The number of hydrogen-bond donors (Lipinski definition) is 0. The number of hydrogen-bond acceptors (Lipinski definition) is 4. The van der Waals surface area contributed by atoms with Crippen molar-refractivity contribution < 1.29 is 19.0 Å². The van der Waals surface area contributed by atoms with Gasteiger partial charge in [-0.3, -0.25) is 4.79 Å². The third kappa shape index (κ3) is 3.28. The SMILES string of the molecule is COc1ccccc1C(=O)N1CCC2(CC1)C[C@H](OC)c1ccccc1O2. The summed E-state index contributed by atoms with van der Waals surface area (Å²) in [7, 11) is 3.34. The lowest BCUT2D eigenvalue weighted by molar-refractivity contribution is -0.0609. The molecule has 2 aromatic carbocycles. The van der Waals surface area contributed by atoms with Gasteiger partial charge in [0.15, 0.2) is 0 Å². The molecule has 0 radical (unpaired) electrons. The van der Waals surface area contributed by atoms with E-state index in [-0.39, 0.29) is 17.6 Å². The molecule has 1 spiro atoms. The largest absolute Gasteiger partial charge is 0.496 e. The Bertz CT molecular complexity index is 827. The van der Waals surface area contributed by atoms with Crippen LogP contribution in [-0.2, 0) is 4.74 Å². The molecule has 1 atom stereocenters. The van der Waals surface area contributed by atoms with E-state index >= 15 is 0 Å². The van der Waals surface area contributed by atoms with Crippen molar-refractivity contribution in [1.29, 1.82) is 0 Å². The normalized spacial score (nSPS) is 20.7. The number of nitrogens with zero attached hydrogens (tertiary/aromatic N) is 1. The summed E-state index contributed by atoms with van der Waals surface area (Å²) in [6.45, 7) is 1.32. The van der Waals surface area contributed by atoms with Crippen LogP contribution in [0.4, 0.5) is 0 Å². The number of fused-ring (bicyclic) bond motifs is 1. The molecular weight excluding hydrogens is 342 g/mol. The average Bonchev–Trinajstić information content (AvgIpc) is 2.73. The highest BCUT2D eigenvalue weighted by molar-refractivity contribution is 5.97. The van der Waals surface area contributed by atoms with Crippen molar-refractivity contribution in [2.24, 2.45) is 0 Å². The van der Waals surface area contributed by atoms with Crippen molar-refractivity contribution in [3.05, 3.63) is 59.7 Å². The maximum atomic E-state index is 12.9. The number of amides is 1. The van der Waals surface area contributed by atoms with E-state index in [0.29, 0.717) is 24.4 Å². The molecule has 5 nitrogen and oxygen atoms in total. The quantitative estimate of drug-likeness (QED) is 0.827. The molecule has 0 N–H and O–H groups in total. The van der Waals surface area contributed by atoms with E-state index in [2.05, 4.69) is 6.07 Å². The van der Waals surface area contributed by atoms with E-state index in [1.165, 1.54) is 0 Å². The van der Waals surface area contributed by atoms with Gasteiger partial charge in [-0.1, -0.05) is 30.3 Å². The average molecular weight is 367 g/mol. The first-order valence-electron chi connectivity index (χ1n) is 9.39. The van der Waals surface area contributed by atoms with E-state index in [4.69, 9.17) is 14.2 Å². The van der Waals surface area contributed by atoms with Crippen molar-refractivity contribution >= 4 is 5.91 Å². The van der Waals surface area contributed by atoms with Gasteiger partial charge in [-0.15, -0.1) is 0 Å². The van der Waals surface area contributed by atoms with Crippen LogP contribution in [0.5, 0.6) is 11.5 Å². The molecule has 142 valence electrons. The van der Waals surface area contributed by atoms with Crippen LogP contribution in [0.15, 0.2) is 48.5 Å². The Labute approximate surface area is 159 Å². The third-order valence-electron chi connectivity index (χ3n) is 5.73. The molecule has 27 heavy (non-hydrogen) atoms. The topological polar surface area (TPSA) is 48.0 Å². The Morgan fingerprint density at radius 1 is 1.07 bits per heavy atom. The molecule has 0 unspecified atom stereocenters. The molecule has 2 aromatic rings. The first kappa shape index (κ1) is 17.9. The highest BCUT2D eigenvalue weighted by Crippen LogP contribution is 2.45. The predicted molar refractivity (Wildman–Crippen MR) is 102 cm³/mol. The molecule has 5 heteroatoms. The molecule has 2 aliphatic heterocycles. The minimum absolute atomic E-state index is 0.0156. The lowest BCUT2D eigenvalue weighted by Gasteiger charge is -2.46. The Balaban J connectivity index is 1.50. The summed E-state index contributed by atoms with van der Waals surface area (Å²) < 4.78 is 17.5. The molecular formula is C22H25NO4. The van der Waals surface area contributed by atoms with Crippen molar-refractivity contribution in [2.75, 3.05) is 27.3 Å². The fraction of sp³-hybridized carbons (Fsp3) is 0.409. The van der Waals surface area contributed by atoms with Crippen molar-refractivity contribution in [3.63, 3.8) is 0 Å². The first-order chi connectivity index (χ1) is 13.2. The Kier molecular flexibility index (Phi) is 4.79. The van der Waals surface area contributed by atoms with Gasteiger partial charge in [0, 0.05) is 45.0 Å². The van der Waals surface area contributed by atoms with Crippen LogP contribution in [0.1, 0.15) is 41.3 Å². The van der Waals surface area contributed by atoms with Crippen LogP contribution in [0.2, 0.25) is 0 Å². The van der Waals surface area contributed by atoms with E-state index in [1.807, 2.05) is 47.4 Å². The summed E-state index contributed by atoms with van der Waals surface area (Å²) in [4.78, 5) is 14.8. The second kappa shape index (κ2) is 7.24. The van der Waals surface area contributed by atoms with Gasteiger partial charge in [0.1, 0.15) is 17.1 Å². The number of likely N-dealkylation sites (tertiary alicyclic amines) is 1. The van der Waals surface area contributed by atoms with Crippen molar-refractivity contribution in [3.8, 4) is 11.5 Å². The minimum Gasteiger partial charge on any atom is -0.496 e. The summed E-state index contributed by atoms with van der Waals surface area (Å²) in [5.74, 6) is 1.53. The molecule has 2 aliphatic rings. The van der Waals surface area contributed by atoms with Crippen LogP contribution >= 0.6 is 0 Å². The monoisotopic (exact) mass is 367 g/mol. The number of rotatable bonds is 3. The number of ether oxygens (including phenoxy) is 3. The highest BCUT2D eigenvalue weighted by atomic mass is 16.5. The van der Waals surface area contributed by atoms with Crippen LogP contribution in [0.25, 0.3) is 0 Å². The Morgan fingerprint density at radius 2 is 1.78 bits per heavy atom. The standard InChI is InChI=1S/C22H25NO4/c1-25-18-9-5-4-8-17(18)21(24)23-13-11-22(12-14-23)15-20(26-2)16-7-3-6-10-19(16)27-22/h3-10,20H,11-15H2,1-2H3/t20-/m0/s1. The number of para-hydroxylation sites is 2. The van der Waals surface area contributed by atoms with Gasteiger partial charge in [0.25, 0.3) is 5.91 Å². The fourth-order valence-corrected chi connectivity index (χ4v) is 4.19. The predicted octanol–water partition coefficient (Wildman–Crippen LogP) is 3.84. The highest BCUT2D eigenvalue weighted by Gasteiger charge is 2.44. The van der Waals surface area contributed by atoms with Gasteiger partial charge in [-0.05, 0) is 18.2 Å². The number of carbonyl (C=O) groups is 1. The third-order valence-corrected chi connectivity index (χ3v) is 5.73. The Hall–Kier alpha value is -2.53. The molecule has 0 aromatic heterocycles. The summed E-state index contributed by atoms with van der Waals surface area (Å²) in [6, 6.07) is 15.5. The van der Waals surface area contributed by atoms with E-state index in [1.54, 1.807) is 14.2 Å². The molecule has 0 bridgehead atoms. The minimum atomic E-state index is -0.271. The van der Waals surface area contributed by atoms with E-state index in [0.717, 1.165) is 30.6 Å². The lowest BCUT2D eigenvalue weighted by atomic mass is 9.81. The van der Waals surface area contributed by atoms with Crippen LogP contribution in [-0.4, -0.2) is 43.7 Å². The first-order valence-corrected chi connectivity index (χ1v) is 9.39. The molecule has 1 saturated heterocycles. The van der Waals surface area contributed by atoms with E-state index < -0.39 is 0 Å². The molecule has 2 heterocycles. The second-order valence-electron chi connectivity index (χ2n) is 7.24. The van der Waals surface area contributed by atoms with E-state index in [9.17, 15) is 4.79 Å². The van der Waals surface area contributed by atoms with Crippen molar-refractivity contribution in [1.82, 2.24) is 4.90 Å². The summed E-state index contributed by atoms with van der Waals surface area (Å²) in [5.41, 5.74) is 1.45. The molecule has 4 rings (SSSR count). The zero-order valence-corrected chi connectivity index (χ0v) is 15.8. The summed E-state index contributed by atoms with van der Waals surface area (Å²) >= 11 is 0. The maximum Gasteiger partial charge on any atom is 0.257 e. The molecule has 1 fully saturated rings. The van der Waals surface area contributed by atoms with Gasteiger partial charge >= 0.3 is 0 Å². The van der Waals surface area contributed by atoms with Gasteiger partial charge < -0.3 is 19.1 Å². The smallest absolute Gasteiger partial charge is 0.257 e. The molecule has 1 amide bonds. The van der Waals surface area contributed by atoms with Crippen LogP contribution < -0.4 is 9.47 Å². The summed E-state index contributed by atoms with van der Waals surface area (Å²) in [5, 5.41) is 0. The Morgan fingerprint density at radius 3 is 2.52 bits per heavy atom. The molecule has 0 aliphatic carbocycles. The number of carbonyl (C=O) groups excluding carboxylic acids is 1. The van der Waals surface area contributed by atoms with Gasteiger partial charge in [0.05, 0.1) is 18.8 Å². The van der Waals surface area contributed by atoms with Crippen LogP contribution in [0.3, 0.4) is 0 Å². The fourth-order valence-electron chi connectivity index (χ4n) is 4.19. The number of piperidine rings is 1. The maximum absolute atomic E-state index is 12.9. The second-order valence-corrected chi connectivity index (χ2v) is 7.24. The van der Waals surface area contributed by atoms with Crippen molar-refractivity contribution in [2.45, 2.75) is 31.0 Å².